The van der Waals surface area contributed by atoms with Crippen molar-refractivity contribution in [1.29, 1.82) is 0 Å². The van der Waals surface area contributed by atoms with E-state index >= 15 is 0 Å². The molecule has 0 N–H and O–H groups in total. The highest BCUT2D eigenvalue weighted by molar-refractivity contribution is 7.98. The Bertz CT molecular complexity index is 1590. The summed E-state index contributed by atoms with van der Waals surface area (Å²) in [5, 5.41) is 6.28. The summed E-state index contributed by atoms with van der Waals surface area (Å²) in [7, 11) is 0. The molecule has 7 nitrogen and oxygen atoms in total. The maximum Gasteiger partial charge on any atom is 0.257 e. The van der Waals surface area contributed by atoms with Crippen LogP contribution in [0.2, 0.25) is 0 Å². The summed E-state index contributed by atoms with van der Waals surface area (Å²) in [5.74, 6) is 1.28. The van der Waals surface area contributed by atoms with Crippen molar-refractivity contribution in [3.63, 3.8) is 0 Å². The van der Waals surface area contributed by atoms with Crippen molar-refractivity contribution in [2.24, 2.45) is 0 Å². The summed E-state index contributed by atoms with van der Waals surface area (Å²) < 4.78 is 9.76. The molecular formula is C24H20N6OS. The number of benzene rings is 2. The fourth-order valence-corrected chi connectivity index (χ4v) is 4.77. The zero-order valence-corrected chi connectivity index (χ0v) is 18.7. The Labute approximate surface area is 188 Å². The molecule has 8 heteroatoms. The smallest absolute Gasteiger partial charge is 0.257 e. The molecule has 0 aliphatic heterocycles. The van der Waals surface area contributed by atoms with E-state index < -0.39 is 0 Å². The molecule has 158 valence electrons. The number of oxazole rings is 1. The van der Waals surface area contributed by atoms with Crippen LogP contribution in [0.5, 0.6) is 0 Å². The summed E-state index contributed by atoms with van der Waals surface area (Å²) in [4.78, 5) is 14.1. The van der Waals surface area contributed by atoms with Gasteiger partial charge in [-0.05, 0) is 56.2 Å². The van der Waals surface area contributed by atoms with Crippen LogP contribution in [-0.2, 0) is 5.75 Å². The Kier molecular flexibility index (Phi) is 4.29. The topological polar surface area (TPSA) is 74.0 Å². The molecule has 0 unspecified atom stereocenters. The van der Waals surface area contributed by atoms with Gasteiger partial charge in [0, 0.05) is 11.4 Å². The highest BCUT2D eigenvalue weighted by Gasteiger charge is 2.19. The lowest BCUT2D eigenvalue weighted by Crippen LogP contribution is -1.99. The van der Waals surface area contributed by atoms with Crippen LogP contribution in [0.3, 0.4) is 0 Å². The van der Waals surface area contributed by atoms with Crippen LogP contribution in [-0.4, -0.2) is 29.1 Å². The van der Waals surface area contributed by atoms with Gasteiger partial charge < -0.3 is 4.42 Å². The largest absolute Gasteiger partial charge is 0.431 e. The van der Waals surface area contributed by atoms with Crippen LogP contribution in [0.1, 0.15) is 22.6 Å². The minimum atomic E-state index is 0.562. The van der Waals surface area contributed by atoms with Gasteiger partial charge in [-0.1, -0.05) is 36.0 Å². The fraction of sp³-hybridized carbons (Fsp3) is 0.167. The van der Waals surface area contributed by atoms with Crippen molar-refractivity contribution in [2.75, 3.05) is 0 Å². The molecule has 0 saturated carbocycles. The van der Waals surface area contributed by atoms with Gasteiger partial charge in [0.25, 0.3) is 5.22 Å². The average molecular weight is 441 g/mol. The van der Waals surface area contributed by atoms with Gasteiger partial charge in [-0.15, -0.1) is 5.10 Å². The quantitative estimate of drug-likeness (QED) is 0.341. The number of aryl methyl sites for hydroxylation is 2. The Morgan fingerprint density at radius 3 is 2.69 bits per heavy atom. The van der Waals surface area contributed by atoms with Gasteiger partial charge >= 0.3 is 0 Å². The van der Waals surface area contributed by atoms with Crippen LogP contribution in [0.15, 0.2) is 64.5 Å². The van der Waals surface area contributed by atoms with Crippen LogP contribution >= 0.6 is 11.8 Å². The summed E-state index contributed by atoms with van der Waals surface area (Å²) >= 11 is 1.49. The van der Waals surface area contributed by atoms with Crippen molar-refractivity contribution in [2.45, 2.75) is 31.7 Å². The minimum absolute atomic E-state index is 0.562. The van der Waals surface area contributed by atoms with E-state index in [4.69, 9.17) is 14.4 Å². The molecule has 4 aromatic heterocycles. The van der Waals surface area contributed by atoms with Gasteiger partial charge in [-0.25, -0.2) is 19.5 Å². The summed E-state index contributed by atoms with van der Waals surface area (Å²) in [5.41, 5.74) is 7.97. The number of thioether (sulfide) groups is 1. The monoisotopic (exact) mass is 440 g/mol. The molecule has 6 rings (SSSR count). The van der Waals surface area contributed by atoms with Crippen LogP contribution in [0, 0.1) is 20.8 Å². The molecule has 0 saturated heterocycles. The molecule has 2 aromatic carbocycles. The second kappa shape index (κ2) is 7.20. The highest BCUT2D eigenvalue weighted by Crippen LogP contribution is 2.31. The summed E-state index contributed by atoms with van der Waals surface area (Å²) in [6.07, 6.45) is 1.74. The molecule has 0 radical (unpaired) electrons. The predicted octanol–water partition coefficient (Wildman–Crippen LogP) is 5.43. The second-order valence-corrected chi connectivity index (χ2v) is 8.79. The molecule has 0 aliphatic rings. The third-order valence-corrected chi connectivity index (χ3v) is 6.56. The number of para-hydroxylation sites is 2. The van der Waals surface area contributed by atoms with Crippen molar-refractivity contribution in [3.8, 4) is 5.69 Å². The maximum absolute atomic E-state index is 5.80. The predicted molar refractivity (Wildman–Crippen MR) is 125 cm³/mol. The molecule has 0 aliphatic carbocycles. The first-order chi connectivity index (χ1) is 15.6. The first-order valence-electron chi connectivity index (χ1n) is 10.4. The zero-order valence-electron chi connectivity index (χ0n) is 17.9. The average Bonchev–Trinajstić information content (AvgIpc) is 3.46. The third kappa shape index (κ3) is 2.98. The van der Waals surface area contributed by atoms with E-state index in [0.29, 0.717) is 16.8 Å². The second-order valence-electron chi connectivity index (χ2n) is 7.86. The van der Waals surface area contributed by atoms with E-state index in [-0.39, 0.29) is 0 Å². The SMILES string of the molecule is Cc1cccc(-n2c(C)c(C)c3c2ncn2nc(CSc4nc5ccccc5o4)nc32)c1. The third-order valence-electron chi connectivity index (χ3n) is 5.74. The Hall–Kier alpha value is -3.65. The molecule has 0 fully saturated rings. The van der Waals surface area contributed by atoms with Gasteiger partial charge in [0.2, 0.25) is 0 Å². The van der Waals surface area contributed by atoms with Gasteiger partial charge in [-0.2, -0.15) is 0 Å². The fourth-order valence-electron chi connectivity index (χ4n) is 4.09. The number of hydrogen-bond donors (Lipinski definition) is 0. The van der Waals surface area contributed by atoms with Crippen molar-refractivity contribution in [1.82, 2.24) is 29.1 Å². The Morgan fingerprint density at radius 2 is 1.84 bits per heavy atom. The molecule has 32 heavy (non-hydrogen) atoms. The number of fused-ring (bicyclic) bond motifs is 4. The molecular weight excluding hydrogens is 420 g/mol. The number of hydrogen-bond acceptors (Lipinski definition) is 6. The Morgan fingerprint density at radius 1 is 0.969 bits per heavy atom. The standard InChI is InChI=1S/C24H20N6OS/c1-14-7-6-8-17(11-14)30-16(3)15(2)21-22(30)25-13-29-23(21)27-20(28-29)12-32-24-26-18-9-4-5-10-19(18)31-24/h4-11,13H,12H2,1-3H3. The molecule has 0 bridgehead atoms. The molecule has 4 heterocycles. The van der Waals surface area contributed by atoms with E-state index in [1.165, 1.54) is 17.3 Å². The van der Waals surface area contributed by atoms with Gasteiger partial charge in [0.1, 0.15) is 11.8 Å². The minimum Gasteiger partial charge on any atom is -0.431 e. The number of rotatable bonds is 4. The first kappa shape index (κ1) is 19.1. The lowest BCUT2D eigenvalue weighted by Gasteiger charge is -2.08. The van der Waals surface area contributed by atoms with E-state index in [0.717, 1.165) is 44.7 Å². The van der Waals surface area contributed by atoms with Gasteiger partial charge in [-0.3, -0.25) is 4.57 Å². The molecule has 0 atom stereocenters. The van der Waals surface area contributed by atoms with E-state index in [2.05, 4.69) is 59.7 Å². The first-order valence-corrected chi connectivity index (χ1v) is 11.3. The normalized spacial score (nSPS) is 11.8. The zero-order chi connectivity index (χ0) is 21.8. The number of nitrogens with zero attached hydrogens (tertiary/aromatic N) is 6. The lowest BCUT2D eigenvalue weighted by molar-refractivity contribution is 0.489. The highest BCUT2D eigenvalue weighted by atomic mass is 32.2. The van der Waals surface area contributed by atoms with Crippen LogP contribution in [0.4, 0.5) is 0 Å². The van der Waals surface area contributed by atoms with E-state index in [1.54, 1.807) is 10.8 Å². The van der Waals surface area contributed by atoms with Gasteiger partial charge in [0.15, 0.2) is 22.7 Å². The molecule has 6 aromatic rings. The van der Waals surface area contributed by atoms with E-state index in [1.807, 2.05) is 24.3 Å². The van der Waals surface area contributed by atoms with Crippen LogP contribution in [0.25, 0.3) is 33.5 Å². The van der Waals surface area contributed by atoms with Gasteiger partial charge in [0.05, 0.1) is 11.1 Å². The van der Waals surface area contributed by atoms with Crippen molar-refractivity contribution < 1.29 is 4.42 Å². The lowest BCUT2D eigenvalue weighted by atomic mass is 10.2. The van der Waals surface area contributed by atoms with Crippen molar-refractivity contribution >= 4 is 39.5 Å². The molecule has 0 amide bonds. The summed E-state index contributed by atoms with van der Waals surface area (Å²) in [6.45, 7) is 6.34. The van der Waals surface area contributed by atoms with E-state index in [9.17, 15) is 0 Å². The molecule has 0 spiro atoms. The Balaban J connectivity index is 1.40. The van der Waals surface area contributed by atoms with Crippen molar-refractivity contribution in [3.05, 3.63) is 77.5 Å². The maximum atomic E-state index is 5.80. The van der Waals surface area contributed by atoms with Crippen LogP contribution < -0.4 is 0 Å². The summed E-state index contributed by atoms with van der Waals surface area (Å²) in [6, 6.07) is 16.2. The number of aromatic nitrogens is 6.